The van der Waals surface area contributed by atoms with E-state index in [0.29, 0.717) is 23.6 Å². The number of halogens is 1. The van der Waals surface area contributed by atoms with Gasteiger partial charge < -0.3 is 14.6 Å². The van der Waals surface area contributed by atoms with Crippen LogP contribution in [0.3, 0.4) is 0 Å². The van der Waals surface area contributed by atoms with Gasteiger partial charge in [0, 0.05) is 18.5 Å². The zero-order chi connectivity index (χ0) is 21.8. The normalized spacial score (nSPS) is 10.9. The number of aromatic nitrogens is 3. The predicted octanol–water partition coefficient (Wildman–Crippen LogP) is 3.62. The Labute approximate surface area is 176 Å². The molecular weight excluding hydrogens is 403 g/mol. The van der Waals surface area contributed by atoms with E-state index in [9.17, 15) is 14.0 Å². The van der Waals surface area contributed by atoms with Gasteiger partial charge in [0.15, 0.2) is 0 Å². The van der Waals surface area contributed by atoms with E-state index in [1.165, 1.54) is 35.2 Å². The van der Waals surface area contributed by atoms with Crippen molar-refractivity contribution in [2.45, 2.75) is 19.9 Å². The van der Waals surface area contributed by atoms with E-state index in [2.05, 4.69) is 15.5 Å². The summed E-state index contributed by atoms with van der Waals surface area (Å²) in [6, 6.07) is 12.7. The van der Waals surface area contributed by atoms with Gasteiger partial charge in [0.05, 0.1) is 12.3 Å². The molecule has 1 amide bonds. The molecule has 0 saturated carbocycles. The Bertz CT molecular complexity index is 1280. The van der Waals surface area contributed by atoms with Crippen LogP contribution in [0.15, 0.2) is 64.2 Å². The summed E-state index contributed by atoms with van der Waals surface area (Å²) in [6.07, 6.45) is 1.36. The van der Waals surface area contributed by atoms with E-state index in [-0.39, 0.29) is 35.7 Å². The van der Waals surface area contributed by atoms with Crippen molar-refractivity contribution >= 4 is 22.7 Å². The monoisotopic (exact) mass is 422 g/mol. The number of nitrogens with one attached hydrogen (secondary N) is 1. The molecule has 4 rings (SSSR count). The molecule has 2 heterocycles. The topological polar surface area (TPSA) is 99.2 Å². The fourth-order valence-corrected chi connectivity index (χ4v) is 3.13. The number of nitrogens with zero attached hydrogens (tertiary/aromatic N) is 3. The lowest BCUT2D eigenvalue weighted by Crippen LogP contribution is -2.23. The molecule has 0 saturated heterocycles. The standard InChI is InChI=1S/C22H19FN4O4/c1-2-30-17-6-4-3-5-16(17)25-18(28)11-12-27-13-24-21-19(22(27)29)20(26-31-21)14-7-9-15(23)10-8-14/h3-10,13H,2,11-12H2,1H3,(H,25,28). The Kier molecular flexibility index (Phi) is 5.74. The first kappa shape index (κ1) is 20.3. The summed E-state index contributed by atoms with van der Waals surface area (Å²) in [5.74, 6) is -0.0979. The molecule has 0 fully saturated rings. The number of para-hydroxylation sites is 2. The molecule has 1 N–H and O–H groups in total. The second kappa shape index (κ2) is 8.78. The van der Waals surface area contributed by atoms with Gasteiger partial charge in [0.1, 0.15) is 29.0 Å². The van der Waals surface area contributed by atoms with Crippen molar-refractivity contribution in [1.82, 2.24) is 14.7 Å². The van der Waals surface area contributed by atoms with Crippen molar-refractivity contribution in [2.75, 3.05) is 11.9 Å². The fraction of sp³-hybridized carbons (Fsp3) is 0.182. The molecule has 2 aromatic carbocycles. The van der Waals surface area contributed by atoms with E-state index in [0.717, 1.165) is 0 Å². The van der Waals surface area contributed by atoms with Crippen LogP contribution >= 0.6 is 0 Å². The Hall–Kier alpha value is -4.01. The van der Waals surface area contributed by atoms with E-state index >= 15 is 0 Å². The van der Waals surface area contributed by atoms with Crippen molar-refractivity contribution in [3.05, 3.63) is 71.0 Å². The first-order chi connectivity index (χ1) is 15.1. The smallest absolute Gasteiger partial charge is 0.266 e. The van der Waals surface area contributed by atoms with Gasteiger partial charge in [-0.15, -0.1) is 0 Å². The summed E-state index contributed by atoms with van der Waals surface area (Å²) in [6.45, 7) is 2.45. The highest BCUT2D eigenvalue weighted by Gasteiger charge is 2.17. The number of aryl methyl sites for hydroxylation is 1. The predicted molar refractivity (Wildman–Crippen MR) is 112 cm³/mol. The molecule has 2 aromatic heterocycles. The van der Waals surface area contributed by atoms with Gasteiger partial charge >= 0.3 is 0 Å². The van der Waals surface area contributed by atoms with Gasteiger partial charge in [-0.2, -0.15) is 0 Å². The first-order valence-corrected chi connectivity index (χ1v) is 9.69. The maximum atomic E-state index is 13.2. The lowest BCUT2D eigenvalue weighted by molar-refractivity contribution is -0.116. The van der Waals surface area contributed by atoms with Crippen molar-refractivity contribution in [3.63, 3.8) is 0 Å². The van der Waals surface area contributed by atoms with Crippen LogP contribution in [0.4, 0.5) is 10.1 Å². The summed E-state index contributed by atoms with van der Waals surface area (Å²) in [7, 11) is 0. The number of ether oxygens (including phenoxy) is 1. The van der Waals surface area contributed by atoms with Crippen LogP contribution in [-0.2, 0) is 11.3 Å². The SMILES string of the molecule is CCOc1ccccc1NC(=O)CCn1cnc2onc(-c3ccc(F)cc3)c2c1=O. The van der Waals surface area contributed by atoms with Crippen LogP contribution in [0.2, 0.25) is 0 Å². The molecule has 31 heavy (non-hydrogen) atoms. The highest BCUT2D eigenvalue weighted by molar-refractivity contribution is 5.92. The fourth-order valence-electron chi connectivity index (χ4n) is 3.13. The molecule has 0 aliphatic heterocycles. The summed E-state index contributed by atoms with van der Waals surface area (Å²) in [5, 5.41) is 6.88. The third-order valence-corrected chi connectivity index (χ3v) is 4.62. The largest absolute Gasteiger partial charge is 0.492 e. The van der Waals surface area contributed by atoms with Crippen molar-refractivity contribution in [1.29, 1.82) is 0 Å². The molecule has 4 aromatic rings. The van der Waals surface area contributed by atoms with Gasteiger partial charge in [0.25, 0.3) is 11.3 Å². The second-order valence-electron chi connectivity index (χ2n) is 6.69. The number of carbonyl (C=O) groups is 1. The van der Waals surface area contributed by atoms with Gasteiger partial charge in [-0.25, -0.2) is 9.37 Å². The third-order valence-electron chi connectivity index (χ3n) is 4.62. The van der Waals surface area contributed by atoms with E-state index < -0.39 is 11.4 Å². The van der Waals surface area contributed by atoms with Gasteiger partial charge in [-0.05, 0) is 43.3 Å². The average Bonchev–Trinajstić information content (AvgIpc) is 3.20. The highest BCUT2D eigenvalue weighted by atomic mass is 19.1. The maximum Gasteiger partial charge on any atom is 0.266 e. The minimum Gasteiger partial charge on any atom is -0.492 e. The number of rotatable bonds is 7. The van der Waals surface area contributed by atoms with Crippen molar-refractivity contribution in [2.24, 2.45) is 0 Å². The van der Waals surface area contributed by atoms with Crippen LogP contribution < -0.4 is 15.6 Å². The molecule has 0 aliphatic rings. The number of carbonyl (C=O) groups excluding carboxylic acids is 1. The van der Waals surface area contributed by atoms with E-state index in [4.69, 9.17) is 9.26 Å². The number of benzene rings is 2. The minimum absolute atomic E-state index is 0.0463. The molecule has 0 atom stereocenters. The van der Waals surface area contributed by atoms with Crippen LogP contribution in [0, 0.1) is 5.82 Å². The lowest BCUT2D eigenvalue weighted by Gasteiger charge is -2.11. The molecule has 0 radical (unpaired) electrons. The first-order valence-electron chi connectivity index (χ1n) is 9.69. The maximum absolute atomic E-state index is 13.2. The number of hydrogen-bond acceptors (Lipinski definition) is 6. The number of anilines is 1. The zero-order valence-corrected chi connectivity index (χ0v) is 16.7. The molecule has 0 aliphatic carbocycles. The summed E-state index contributed by atoms with van der Waals surface area (Å²) in [4.78, 5) is 29.5. The quantitative estimate of drug-likeness (QED) is 0.488. The lowest BCUT2D eigenvalue weighted by atomic mass is 10.1. The summed E-state index contributed by atoms with van der Waals surface area (Å²) >= 11 is 0. The Morgan fingerprint density at radius 3 is 2.74 bits per heavy atom. The minimum atomic E-state index is -0.399. The number of hydrogen-bond donors (Lipinski definition) is 1. The van der Waals surface area contributed by atoms with Gasteiger partial charge in [-0.1, -0.05) is 17.3 Å². The second-order valence-corrected chi connectivity index (χ2v) is 6.69. The Morgan fingerprint density at radius 1 is 1.19 bits per heavy atom. The summed E-state index contributed by atoms with van der Waals surface area (Å²) < 4.78 is 25.2. The van der Waals surface area contributed by atoms with E-state index in [1.54, 1.807) is 18.2 Å². The van der Waals surface area contributed by atoms with E-state index in [1.807, 2.05) is 13.0 Å². The molecule has 9 heteroatoms. The Balaban J connectivity index is 1.53. The summed E-state index contributed by atoms with van der Waals surface area (Å²) in [5.41, 5.74) is 1.05. The van der Waals surface area contributed by atoms with Crippen LogP contribution in [0.1, 0.15) is 13.3 Å². The van der Waals surface area contributed by atoms with Gasteiger partial charge in [-0.3, -0.25) is 14.2 Å². The zero-order valence-electron chi connectivity index (χ0n) is 16.7. The molecule has 0 bridgehead atoms. The van der Waals surface area contributed by atoms with Gasteiger partial charge in [0.2, 0.25) is 5.91 Å². The molecule has 0 spiro atoms. The number of fused-ring (bicyclic) bond motifs is 1. The van der Waals surface area contributed by atoms with Crippen molar-refractivity contribution < 1.29 is 18.4 Å². The van der Waals surface area contributed by atoms with Crippen LogP contribution in [0.5, 0.6) is 5.75 Å². The Morgan fingerprint density at radius 2 is 1.97 bits per heavy atom. The molecule has 158 valence electrons. The van der Waals surface area contributed by atoms with Crippen LogP contribution in [0.25, 0.3) is 22.4 Å². The molecule has 0 unspecified atom stereocenters. The van der Waals surface area contributed by atoms with Crippen LogP contribution in [-0.4, -0.2) is 27.2 Å². The highest BCUT2D eigenvalue weighted by Crippen LogP contribution is 2.25. The molecule has 8 nitrogen and oxygen atoms in total. The average molecular weight is 422 g/mol. The third kappa shape index (κ3) is 4.30. The van der Waals surface area contributed by atoms with Crippen molar-refractivity contribution in [3.8, 4) is 17.0 Å². The number of amides is 1. The molecular formula is C22H19FN4O4.